The van der Waals surface area contributed by atoms with E-state index in [9.17, 15) is 20.2 Å². The van der Waals surface area contributed by atoms with Crippen LogP contribution in [0.5, 0.6) is 0 Å². The molecule has 0 fully saturated rings. The van der Waals surface area contributed by atoms with Crippen LogP contribution in [0.2, 0.25) is 5.02 Å². The van der Waals surface area contributed by atoms with E-state index in [2.05, 4.69) is 5.32 Å². The second kappa shape index (κ2) is 11.7. The third-order valence-electron chi connectivity index (χ3n) is 6.65. The number of rotatable bonds is 7. The fraction of sp³-hybridized carbons (Fsp3) is 0.0303. The van der Waals surface area contributed by atoms with Gasteiger partial charge < -0.3 is 9.88 Å². The van der Waals surface area contributed by atoms with Gasteiger partial charge in [-0.25, -0.2) is 0 Å². The molecular weight excluding hydrogens is 536 g/mol. The van der Waals surface area contributed by atoms with E-state index in [1.165, 1.54) is 12.1 Å². The maximum absolute atomic E-state index is 13.3. The lowest BCUT2D eigenvalue weighted by molar-refractivity contribution is -0.384. The lowest BCUT2D eigenvalue weighted by atomic mass is 10.0. The van der Waals surface area contributed by atoms with Crippen LogP contribution < -0.4 is 5.32 Å². The molecule has 5 aromatic rings. The first-order valence-corrected chi connectivity index (χ1v) is 13.0. The number of hydrogen-bond donors (Lipinski definition) is 1. The molecule has 0 unspecified atom stereocenters. The largest absolute Gasteiger partial charge is 0.321 e. The number of halogens is 1. The second-order valence-electron chi connectivity index (χ2n) is 9.21. The van der Waals surface area contributed by atoms with Crippen LogP contribution in [0.3, 0.4) is 0 Å². The van der Waals surface area contributed by atoms with E-state index in [1.54, 1.807) is 43.3 Å². The molecule has 1 N–H and O–H groups in total. The Kier molecular flexibility index (Phi) is 7.77. The van der Waals surface area contributed by atoms with Crippen molar-refractivity contribution in [1.82, 2.24) is 4.57 Å². The zero-order valence-corrected chi connectivity index (χ0v) is 22.7. The zero-order valence-electron chi connectivity index (χ0n) is 21.9. The molecule has 41 heavy (non-hydrogen) atoms. The van der Waals surface area contributed by atoms with Gasteiger partial charge in [-0.15, -0.1) is 0 Å². The third-order valence-corrected chi connectivity index (χ3v) is 7.06. The van der Waals surface area contributed by atoms with Crippen LogP contribution in [0.1, 0.15) is 11.1 Å². The molecule has 0 radical (unpaired) electrons. The van der Waals surface area contributed by atoms with E-state index < -0.39 is 10.8 Å². The molecule has 0 aliphatic rings. The summed E-state index contributed by atoms with van der Waals surface area (Å²) in [7, 11) is 0. The summed E-state index contributed by atoms with van der Waals surface area (Å²) in [4.78, 5) is 24.2. The van der Waals surface area contributed by atoms with Gasteiger partial charge in [-0.3, -0.25) is 14.9 Å². The van der Waals surface area contributed by atoms with Crippen LogP contribution in [0, 0.1) is 28.4 Å². The van der Waals surface area contributed by atoms with Crippen molar-refractivity contribution in [3.63, 3.8) is 0 Å². The molecule has 1 aromatic heterocycles. The molecule has 1 amide bonds. The fourth-order valence-electron chi connectivity index (χ4n) is 4.58. The van der Waals surface area contributed by atoms with Crippen LogP contribution in [0.15, 0.2) is 115 Å². The number of nitriles is 1. The SMILES string of the molecule is Cc1c(Cl)cccc1NC(=O)/C(C#N)=C/c1cc(-c2ccccc2)n(-c2ccc([N+](=O)[O-])cc2)c1-c1ccccc1. The average molecular weight is 559 g/mol. The molecule has 0 saturated carbocycles. The Morgan fingerprint density at radius 3 is 2.17 bits per heavy atom. The standard InChI is InChI=1S/C33H23ClN4O3/c1-22-29(34)13-8-14-30(22)36-33(39)26(21-35)19-25-20-31(23-9-4-2-5-10-23)37(32(25)24-11-6-3-7-12-24)27-15-17-28(18-16-27)38(40)41/h2-20H,1H3,(H,36,39)/b26-19+. The lowest BCUT2D eigenvalue weighted by Crippen LogP contribution is -2.14. The number of non-ortho nitro benzene ring substituents is 1. The molecule has 200 valence electrons. The Morgan fingerprint density at radius 2 is 1.56 bits per heavy atom. The fourth-order valence-corrected chi connectivity index (χ4v) is 4.76. The van der Waals surface area contributed by atoms with Gasteiger partial charge in [0.1, 0.15) is 11.6 Å². The predicted octanol–water partition coefficient (Wildman–Crippen LogP) is 8.23. The minimum Gasteiger partial charge on any atom is -0.321 e. The molecule has 0 aliphatic heterocycles. The molecule has 7 nitrogen and oxygen atoms in total. The van der Waals surface area contributed by atoms with Crippen molar-refractivity contribution in [3.05, 3.63) is 141 Å². The normalized spacial score (nSPS) is 11.1. The lowest BCUT2D eigenvalue weighted by Gasteiger charge is -2.15. The maximum Gasteiger partial charge on any atom is 0.269 e. The Labute approximate surface area is 241 Å². The summed E-state index contributed by atoms with van der Waals surface area (Å²) in [6.45, 7) is 1.79. The molecule has 0 saturated heterocycles. The van der Waals surface area contributed by atoms with Gasteiger partial charge in [-0.2, -0.15) is 5.26 Å². The highest BCUT2D eigenvalue weighted by Crippen LogP contribution is 2.37. The van der Waals surface area contributed by atoms with E-state index in [-0.39, 0.29) is 11.3 Å². The molecule has 8 heteroatoms. The average Bonchev–Trinajstić information content (AvgIpc) is 3.38. The summed E-state index contributed by atoms with van der Waals surface area (Å²) in [6.07, 6.45) is 1.56. The number of amides is 1. The number of aromatic nitrogens is 1. The smallest absolute Gasteiger partial charge is 0.269 e. The van der Waals surface area contributed by atoms with Crippen molar-refractivity contribution in [3.8, 4) is 34.3 Å². The van der Waals surface area contributed by atoms with E-state index in [0.717, 1.165) is 22.5 Å². The van der Waals surface area contributed by atoms with Gasteiger partial charge in [0, 0.05) is 34.1 Å². The highest BCUT2D eigenvalue weighted by Gasteiger charge is 2.21. The molecule has 0 bridgehead atoms. The Morgan fingerprint density at radius 1 is 0.927 bits per heavy atom. The highest BCUT2D eigenvalue weighted by molar-refractivity contribution is 6.31. The Hall–Kier alpha value is -5.45. The molecule has 0 aliphatic carbocycles. The van der Waals surface area contributed by atoms with Crippen molar-refractivity contribution in [1.29, 1.82) is 5.26 Å². The van der Waals surface area contributed by atoms with Gasteiger partial charge in [0.25, 0.3) is 11.6 Å². The van der Waals surface area contributed by atoms with Crippen molar-refractivity contribution in [2.45, 2.75) is 6.92 Å². The van der Waals surface area contributed by atoms with E-state index in [4.69, 9.17) is 11.6 Å². The number of carbonyl (C=O) groups is 1. The Balaban J connectivity index is 1.72. The molecular formula is C33H23ClN4O3. The summed E-state index contributed by atoms with van der Waals surface area (Å²) in [5.41, 5.74) is 5.63. The number of nitrogens with one attached hydrogen (secondary N) is 1. The monoisotopic (exact) mass is 558 g/mol. The summed E-state index contributed by atoms with van der Waals surface area (Å²) in [5.74, 6) is -0.568. The summed E-state index contributed by atoms with van der Waals surface area (Å²) < 4.78 is 1.98. The number of anilines is 1. The van der Waals surface area contributed by atoms with Crippen LogP contribution in [-0.4, -0.2) is 15.4 Å². The third kappa shape index (κ3) is 5.64. The van der Waals surface area contributed by atoms with Gasteiger partial charge in [0.15, 0.2) is 0 Å². The van der Waals surface area contributed by atoms with Crippen LogP contribution in [-0.2, 0) is 4.79 Å². The number of nitrogens with zero attached hydrogens (tertiary/aromatic N) is 3. The maximum atomic E-state index is 13.3. The summed E-state index contributed by atoms with van der Waals surface area (Å²) >= 11 is 6.22. The van der Waals surface area contributed by atoms with Gasteiger partial charge in [-0.05, 0) is 60.0 Å². The van der Waals surface area contributed by atoms with Crippen molar-refractivity contribution in [2.75, 3.05) is 5.32 Å². The summed E-state index contributed by atoms with van der Waals surface area (Å²) in [5, 5.41) is 24.7. The van der Waals surface area contributed by atoms with Gasteiger partial charge >= 0.3 is 0 Å². The van der Waals surface area contributed by atoms with Crippen molar-refractivity contribution < 1.29 is 9.72 Å². The molecule has 0 spiro atoms. The van der Waals surface area contributed by atoms with Gasteiger partial charge in [0.05, 0.1) is 16.3 Å². The molecule has 0 atom stereocenters. The van der Waals surface area contributed by atoms with Crippen LogP contribution in [0.25, 0.3) is 34.3 Å². The number of nitro groups is 1. The van der Waals surface area contributed by atoms with Gasteiger partial charge in [0.2, 0.25) is 0 Å². The zero-order chi connectivity index (χ0) is 28.9. The second-order valence-corrected chi connectivity index (χ2v) is 9.62. The van der Waals surface area contributed by atoms with Crippen molar-refractivity contribution in [2.24, 2.45) is 0 Å². The predicted molar refractivity (Wildman–Crippen MR) is 162 cm³/mol. The number of benzene rings is 4. The quantitative estimate of drug-likeness (QED) is 0.0940. The highest BCUT2D eigenvalue weighted by atomic mass is 35.5. The van der Waals surface area contributed by atoms with Crippen LogP contribution in [0.4, 0.5) is 11.4 Å². The first kappa shape index (κ1) is 27.1. The number of nitro benzene ring substituents is 1. The summed E-state index contributed by atoms with van der Waals surface area (Å²) in [6, 6.07) is 34.7. The topological polar surface area (TPSA) is 101 Å². The minimum atomic E-state index is -0.568. The van der Waals surface area contributed by atoms with Crippen LogP contribution >= 0.6 is 11.6 Å². The Bertz CT molecular complexity index is 1820. The first-order chi connectivity index (χ1) is 19.9. The molecule has 1 heterocycles. The van der Waals surface area contributed by atoms with E-state index in [1.807, 2.05) is 77.4 Å². The molecule has 5 rings (SSSR count). The number of hydrogen-bond acceptors (Lipinski definition) is 4. The van der Waals surface area contributed by atoms with Crippen molar-refractivity contribution >= 4 is 35.0 Å². The van der Waals surface area contributed by atoms with E-state index in [0.29, 0.717) is 27.5 Å². The minimum absolute atomic E-state index is 0.0247. The van der Waals surface area contributed by atoms with Gasteiger partial charge in [-0.1, -0.05) is 78.3 Å². The molecule has 4 aromatic carbocycles. The first-order valence-electron chi connectivity index (χ1n) is 12.7. The number of carbonyl (C=O) groups excluding carboxylic acids is 1. The van der Waals surface area contributed by atoms with E-state index >= 15 is 0 Å².